The van der Waals surface area contributed by atoms with Crippen LogP contribution in [0, 0.1) is 13.8 Å². The summed E-state index contributed by atoms with van der Waals surface area (Å²) in [6.07, 6.45) is 0.660. The molecule has 2 N–H and O–H groups in total. The Kier molecular flexibility index (Phi) is 3.11. The first-order valence-electron chi connectivity index (χ1n) is 5.48. The second kappa shape index (κ2) is 4.41. The number of halogens is 1. The van der Waals surface area contributed by atoms with Crippen LogP contribution in [-0.4, -0.2) is 16.1 Å². The van der Waals surface area contributed by atoms with Crippen molar-refractivity contribution in [3.05, 3.63) is 34.0 Å². The number of fused-ring (bicyclic) bond motifs is 1. The highest BCUT2D eigenvalue weighted by atomic mass is 35.5. The van der Waals surface area contributed by atoms with Gasteiger partial charge in [0.25, 0.3) is 0 Å². The molecule has 90 valence electrons. The molecule has 1 aromatic carbocycles. The Labute approximate surface area is 104 Å². The number of aromatic nitrogens is 1. The number of carboxylic acids is 1. The summed E-state index contributed by atoms with van der Waals surface area (Å²) < 4.78 is 0. The van der Waals surface area contributed by atoms with E-state index < -0.39 is 5.97 Å². The number of hydrogen-bond donors (Lipinski definition) is 2. The first kappa shape index (κ1) is 12.0. The van der Waals surface area contributed by atoms with E-state index in [-0.39, 0.29) is 6.42 Å². The van der Waals surface area contributed by atoms with Gasteiger partial charge >= 0.3 is 5.97 Å². The maximum Gasteiger partial charge on any atom is 0.303 e. The van der Waals surface area contributed by atoms with E-state index in [4.69, 9.17) is 16.7 Å². The Bertz CT molecular complexity index is 587. The van der Waals surface area contributed by atoms with Gasteiger partial charge in [-0.2, -0.15) is 0 Å². The second-order valence-electron chi connectivity index (χ2n) is 4.22. The number of benzene rings is 1. The molecular formula is C13H14ClNO2. The summed E-state index contributed by atoms with van der Waals surface area (Å²) in [7, 11) is 0. The number of aromatic amines is 1. The quantitative estimate of drug-likeness (QED) is 0.878. The van der Waals surface area contributed by atoms with Gasteiger partial charge in [-0.25, -0.2) is 0 Å². The van der Waals surface area contributed by atoms with Crippen LogP contribution in [0.3, 0.4) is 0 Å². The predicted octanol–water partition coefficient (Wildman–Crippen LogP) is 3.46. The molecule has 4 heteroatoms. The minimum atomic E-state index is -0.780. The van der Waals surface area contributed by atoms with Crippen LogP contribution in [0.15, 0.2) is 12.1 Å². The summed E-state index contributed by atoms with van der Waals surface area (Å²) >= 11 is 6.06. The molecule has 0 spiro atoms. The van der Waals surface area contributed by atoms with Gasteiger partial charge in [0.2, 0.25) is 0 Å². The maximum absolute atomic E-state index is 10.6. The lowest BCUT2D eigenvalue weighted by Gasteiger charge is -1.98. The summed E-state index contributed by atoms with van der Waals surface area (Å²) in [5.41, 5.74) is 4.11. The van der Waals surface area contributed by atoms with Crippen molar-refractivity contribution in [3.63, 3.8) is 0 Å². The van der Waals surface area contributed by atoms with Gasteiger partial charge in [0.1, 0.15) is 0 Å². The highest BCUT2D eigenvalue weighted by Gasteiger charge is 2.11. The topological polar surface area (TPSA) is 53.1 Å². The van der Waals surface area contributed by atoms with Crippen molar-refractivity contribution in [2.45, 2.75) is 26.7 Å². The van der Waals surface area contributed by atoms with Gasteiger partial charge < -0.3 is 10.1 Å². The van der Waals surface area contributed by atoms with Gasteiger partial charge in [0.05, 0.1) is 11.9 Å². The fourth-order valence-corrected chi connectivity index (χ4v) is 2.21. The zero-order valence-corrected chi connectivity index (χ0v) is 10.6. The first-order valence-corrected chi connectivity index (χ1v) is 5.86. The third-order valence-corrected chi connectivity index (χ3v) is 3.53. The van der Waals surface area contributed by atoms with Gasteiger partial charge in [0.15, 0.2) is 0 Å². The molecule has 3 nitrogen and oxygen atoms in total. The highest BCUT2D eigenvalue weighted by Crippen LogP contribution is 2.29. The minimum Gasteiger partial charge on any atom is -0.481 e. The van der Waals surface area contributed by atoms with Gasteiger partial charge in [0, 0.05) is 16.1 Å². The molecule has 1 heterocycles. The summed E-state index contributed by atoms with van der Waals surface area (Å²) in [5, 5.41) is 10.5. The fraction of sp³-hybridized carbons (Fsp3) is 0.308. The van der Waals surface area contributed by atoms with Crippen LogP contribution < -0.4 is 0 Å². The van der Waals surface area contributed by atoms with E-state index in [2.05, 4.69) is 4.98 Å². The molecule has 0 aliphatic rings. The molecule has 2 rings (SSSR count). The van der Waals surface area contributed by atoms with E-state index in [1.165, 1.54) is 0 Å². The Morgan fingerprint density at radius 1 is 1.35 bits per heavy atom. The molecule has 17 heavy (non-hydrogen) atoms. The van der Waals surface area contributed by atoms with Crippen LogP contribution in [-0.2, 0) is 11.2 Å². The lowest BCUT2D eigenvalue weighted by Crippen LogP contribution is -1.98. The van der Waals surface area contributed by atoms with Crippen LogP contribution in [0.2, 0.25) is 5.02 Å². The molecule has 0 fully saturated rings. The zero-order valence-electron chi connectivity index (χ0n) is 9.80. The molecule has 0 atom stereocenters. The predicted molar refractivity (Wildman–Crippen MR) is 68.7 cm³/mol. The summed E-state index contributed by atoms with van der Waals surface area (Å²) in [6, 6.07) is 3.85. The van der Waals surface area contributed by atoms with E-state index in [0.29, 0.717) is 6.42 Å². The maximum atomic E-state index is 10.6. The molecule has 0 aliphatic carbocycles. The molecule has 0 aliphatic heterocycles. The molecule has 0 unspecified atom stereocenters. The van der Waals surface area contributed by atoms with Crippen molar-refractivity contribution in [1.29, 1.82) is 0 Å². The zero-order chi connectivity index (χ0) is 12.6. The van der Waals surface area contributed by atoms with Crippen molar-refractivity contribution >= 4 is 28.5 Å². The minimum absolute atomic E-state index is 0.139. The number of carbonyl (C=O) groups is 1. The normalized spacial score (nSPS) is 11.0. The Hall–Kier alpha value is -1.48. The molecule has 0 amide bonds. The van der Waals surface area contributed by atoms with Crippen molar-refractivity contribution in [2.75, 3.05) is 0 Å². The highest BCUT2D eigenvalue weighted by molar-refractivity contribution is 6.32. The molecule has 2 aromatic rings. The Morgan fingerprint density at radius 3 is 2.71 bits per heavy atom. The number of aliphatic carboxylic acids is 1. The van der Waals surface area contributed by atoms with Crippen molar-refractivity contribution in [1.82, 2.24) is 4.98 Å². The van der Waals surface area contributed by atoms with E-state index in [1.807, 2.05) is 26.0 Å². The molecule has 0 saturated carbocycles. The van der Waals surface area contributed by atoms with Gasteiger partial charge in [-0.1, -0.05) is 17.7 Å². The van der Waals surface area contributed by atoms with Crippen LogP contribution in [0.25, 0.3) is 10.9 Å². The Balaban J connectivity index is 2.49. The Morgan fingerprint density at radius 2 is 2.06 bits per heavy atom. The largest absolute Gasteiger partial charge is 0.481 e. The van der Waals surface area contributed by atoms with Crippen LogP contribution in [0.4, 0.5) is 0 Å². The van der Waals surface area contributed by atoms with E-state index in [9.17, 15) is 4.79 Å². The molecule has 1 aromatic heterocycles. The van der Waals surface area contributed by atoms with Gasteiger partial charge in [-0.3, -0.25) is 4.79 Å². The van der Waals surface area contributed by atoms with Crippen molar-refractivity contribution < 1.29 is 9.90 Å². The van der Waals surface area contributed by atoms with Gasteiger partial charge in [-0.15, -0.1) is 0 Å². The van der Waals surface area contributed by atoms with Gasteiger partial charge in [-0.05, 0) is 37.5 Å². The van der Waals surface area contributed by atoms with Crippen molar-refractivity contribution in [3.8, 4) is 0 Å². The smallest absolute Gasteiger partial charge is 0.303 e. The molecule has 0 bridgehead atoms. The fourth-order valence-electron chi connectivity index (χ4n) is 2.05. The number of H-pyrrole nitrogens is 1. The average Bonchev–Trinajstić information content (AvgIpc) is 2.59. The first-order chi connectivity index (χ1) is 8.00. The summed E-state index contributed by atoms with van der Waals surface area (Å²) in [5.74, 6) is -0.780. The molecule has 0 saturated heterocycles. The number of hydrogen-bond acceptors (Lipinski definition) is 1. The molecular weight excluding hydrogens is 238 g/mol. The number of carboxylic acid groups (broad SMARTS) is 1. The van der Waals surface area contributed by atoms with Crippen LogP contribution in [0.1, 0.15) is 23.2 Å². The standard InChI is InChI=1S/C13H14ClNO2/c1-7-9-3-4-10(14)8(2)13(9)15-11(7)5-6-12(16)17/h3-4,15H,5-6H2,1-2H3,(H,16,17). The number of rotatable bonds is 3. The lowest BCUT2D eigenvalue weighted by molar-refractivity contribution is -0.136. The molecule has 0 radical (unpaired) electrons. The monoisotopic (exact) mass is 251 g/mol. The number of aryl methyl sites for hydroxylation is 3. The average molecular weight is 252 g/mol. The third kappa shape index (κ3) is 2.15. The summed E-state index contributed by atoms with van der Waals surface area (Å²) in [4.78, 5) is 13.9. The van der Waals surface area contributed by atoms with Crippen LogP contribution in [0.5, 0.6) is 0 Å². The number of nitrogens with one attached hydrogen (secondary N) is 1. The second-order valence-corrected chi connectivity index (χ2v) is 4.62. The van der Waals surface area contributed by atoms with E-state index in [1.54, 1.807) is 0 Å². The summed E-state index contributed by atoms with van der Waals surface area (Å²) in [6.45, 7) is 3.96. The third-order valence-electron chi connectivity index (χ3n) is 3.12. The lowest BCUT2D eigenvalue weighted by atomic mass is 10.1. The SMILES string of the molecule is Cc1c(CCC(=O)O)[nH]c2c(C)c(Cl)ccc12. The van der Waals surface area contributed by atoms with E-state index in [0.717, 1.165) is 32.7 Å². The van der Waals surface area contributed by atoms with Crippen molar-refractivity contribution in [2.24, 2.45) is 0 Å². The van der Waals surface area contributed by atoms with Crippen LogP contribution >= 0.6 is 11.6 Å². The van der Waals surface area contributed by atoms with E-state index >= 15 is 0 Å².